The Morgan fingerprint density at radius 2 is 1.25 bits per heavy atom. The minimum Gasteiger partial charge on any atom is -0.349 e. The van der Waals surface area contributed by atoms with Crippen LogP contribution in [0.2, 0.25) is 0 Å². The summed E-state index contributed by atoms with van der Waals surface area (Å²) in [5.41, 5.74) is -1.53. The molecule has 1 aliphatic carbocycles. The largest absolute Gasteiger partial charge is 0.349 e. The molecule has 160 valence electrons. The molecule has 2 atom stereocenters. The number of rotatable bonds is 7. The van der Waals surface area contributed by atoms with Crippen molar-refractivity contribution in [3.05, 3.63) is 0 Å². The number of hydrogen-bond donors (Lipinski definition) is 2. The van der Waals surface area contributed by atoms with Gasteiger partial charge in [-0.15, -0.1) is 0 Å². The molecule has 2 aliphatic heterocycles. The van der Waals surface area contributed by atoms with E-state index in [0.717, 1.165) is 12.8 Å². The number of nitrogens with zero attached hydrogens (tertiary/aromatic N) is 1. The van der Waals surface area contributed by atoms with Gasteiger partial charge in [0.1, 0.15) is 0 Å². The van der Waals surface area contributed by atoms with Crippen molar-refractivity contribution in [1.29, 1.82) is 0 Å². The van der Waals surface area contributed by atoms with Gasteiger partial charge >= 0.3 is 0 Å². The Labute approximate surface area is 166 Å². The first-order valence-corrected chi connectivity index (χ1v) is 13.2. The average Bonchev–Trinajstić information content (AvgIpc) is 3.25. The molecule has 1 saturated carbocycles. The summed E-state index contributed by atoms with van der Waals surface area (Å²) in [6, 6.07) is 0.150. The molecule has 9 nitrogen and oxygen atoms in total. The monoisotopic (exact) mass is 435 g/mol. The molecule has 3 rings (SSSR count). The van der Waals surface area contributed by atoms with Crippen LogP contribution in [0.1, 0.15) is 39.5 Å². The molecule has 11 heteroatoms. The standard InChI is InChI=1S/C17H29N3O6S2/c1-16(5-7-27(23,24)11-16)18-14(21)9-20(13-3-4-13)10-15(22)19-17(2)6-8-28(25,26)12-17/h13H,3-12H2,1-2H3,(H,18,21)(H,19,22)/t16-,17-/m0/s1. The first-order chi connectivity index (χ1) is 12.8. The second-order valence-corrected chi connectivity index (χ2v) is 13.4. The predicted octanol–water partition coefficient (Wildman–Crippen LogP) is -1.16. The fraction of sp³-hybridized carbons (Fsp3) is 0.882. The molecule has 2 amide bonds. The predicted molar refractivity (Wildman–Crippen MR) is 104 cm³/mol. The van der Waals surface area contributed by atoms with E-state index in [1.807, 2.05) is 0 Å². The van der Waals surface area contributed by atoms with Gasteiger partial charge in [-0.05, 0) is 39.5 Å². The molecule has 28 heavy (non-hydrogen) atoms. The van der Waals surface area contributed by atoms with Crippen LogP contribution in [-0.4, -0.2) is 86.8 Å². The van der Waals surface area contributed by atoms with E-state index >= 15 is 0 Å². The van der Waals surface area contributed by atoms with Crippen molar-refractivity contribution in [2.75, 3.05) is 36.1 Å². The van der Waals surface area contributed by atoms with Gasteiger partial charge in [0.2, 0.25) is 11.8 Å². The molecular weight excluding hydrogens is 406 g/mol. The highest BCUT2D eigenvalue weighted by Crippen LogP contribution is 2.28. The van der Waals surface area contributed by atoms with Gasteiger partial charge in [0.25, 0.3) is 0 Å². The zero-order chi connectivity index (χ0) is 20.8. The maximum Gasteiger partial charge on any atom is 0.234 e. The van der Waals surface area contributed by atoms with Crippen LogP contribution >= 0.6 is 0 Å². The van der Waals surface area contributed by atoms with Crippen LogP contribution in [0.5, 0.6) is 0 Å². The SMILES string of the molecule is C[C@]1(NC(=O)CN(CC(=O)N[C@@]2(C)CCS(=O)(=O)C2)C2CC2)CCS(=O)(=O)C1. The summed E-state index contributed by atoms with van der Waals surface area (Å²) in [6.07, 6.45) is 2.57. The average molecular weight is 436 g/mol. The van der Waals surface area contributed by atoms with E-state index in [-0.39, 0.29) is 54.0 Å². The van der Waals surface area contributed by atoms with E-state index in [4.69, 9.17) is 0 Å². The molecule has 0 radical (unpaired) electrons. The molecule has 0 spiro atoms. The van der Waals surface area contributed by atoms with Gasteiger partial charge < -0.3 is 10.6 Å². The Bertz CT molecular complexity index is 801. The summed E-state index contributed by atoms with van der Waals surface area (Å²) >= 11 is 0. The van der Waals surface area contributed by atoms with Crippen molar-refractivity contribution in [3.63, 3.8) is 0 Å². The Morgan fingerprint density at radius 3 is 1.54 bits per heavy atom. The lowest BCUT2D eigenvalue weighted by Gasteiger charge is -2.29. The first-order valence-electron chi connectivity index (χ1n) is 9.56. The summed E-state index contributed by atoms with van der Waals surface area (Å²) in [5, 5.41) is 5.64. The number of carbonyl (C=O) groups is 2. The second-order valence-electron chi connectivity index (χ2n) is 9.04. The lowest BCUT2D eigenvalue weighted by atomic mass is 10.0. The van der Waals surface area contributed by atoms with E-state index in [0.29, 0.717) is 12.8 Å². The normalized spacial score (nSPS) is 33.7. The van der Waals surface area contributed by atoms with E-state index in [1.54, 1.807) is 18.7 Å². The molecule has 0 bridgehead atoms. The maximum absolute atomic E-state index is 12.5. The van der Waals surface area contributed by atoms with Crippen LogP contribution in [-0.2, 0) is 29.3 Å². The van der Waals surface area contributed by atoms with Crippen LogP contribution in [0.4, 0.5) is 0 Å². The van der Waals surface area contributed by atoms with Crippen molar-refractivity contribution in [3.8, 4) is 0 Å². The van der Waals surface area contributed by atoms with Crippen molar-refractivity contribution in [1.82, 2.24) is 15.5 Å². The number of amides is 2. The van der Waals surface area contributed by atoms with E-state index in [1.165, 1.54) is 0 Å². The molecule has 3 aliphatic rings. The first kappa shape index (κ1) is 21.5. The van der Waals surface area contributed by atoms with Gasteiger partial charge in [0, 0.05) is 6.04 Å². The van der Waals surface area contributed by atoms with Crippen molar-refractivity contribution < 1.29 is 26.4 Å². The van der Waals surface area contributed by atoms with Crippen LogP contribution in [0.15, 0.2) is 0 Å². The van der Waals surface area contributed by atoms with Gasteiger partial charge in [-0.3, -0.25) is 14.5 Å². The number of carbonyl (C=O) groups excluding carboxylic acids is 2. The number of hydrogen-bond acceptors (Lipinski definition) is 7. The fourth-order valence-electron chi connectivity index (χ4n) is 4.09. The number of nitrogens with one attached hydrogen (secondary N) is 2. The summed E-state index contributed by atoms with van der Waals surface area (Å²) in [7, 11) is -6.24. The fourth-order valence-corrected chi connectivity index (χ4v) is 8.28. The smallest absolute Gasteiger partial charge is 0.234 e. The molecule has 0 unspecified atom stereocenters. The van der Waals surface area contributed by atoms with Gasteiger partial charge in [-0.25, -0.2) is 16.8 Å². The summed E-state index contributed by atoms with van der Waals surface area (Å²) in [5.74, 6) is -0.590. The van der Waals surface area contributed by atoms with Crippen molar-refractivity contribution in [2.45, 2.75) is 56.7 Å². The van der Waals surface area contributed by atoms with Gasteiger partial charge in [-0.1, -0.05) is 0 Å². The molecule has 0 aromatic carbocycles. The zero-order valence-corrected chi connectivity index (χ0v) is 18.0. The Morgan fingerprint density at radius 1 is 0.857 bits per heavy atom. The van der Waals surface area contributed by atoms with Crippen LogP contribution in [0.3, 0.4) is 0 Å². The Kier molecular flexibility index (Phi) is 5.56. The lowest BCUT2D eigenvalue weighted by molar-refractivity contribution is -0.126. The molecule has 2 N–H and O–H groups in total. The quantitative estimate of drug-likeness (QED) is 0.516. The van der Waals surface area contributed by atoms with E-state index < -0.39 is 30.8 Å². The molecular formula is C17H29N3O6S2. The highest BCUT2D eigenvalue weighted by Gasteiger charge is 2.42. The molecule has 2 saturated heterocycles. The van der Waals surface area contributed by atoms with Gasteiger partial charge in [-0.2, -0.15) is 0 Å². The molecule has 0 aromatic heterocycles. The van der Waals surface area contributed by atoms with Crippen LogP contribution in [0.25, 0.3) is 0 Å². The highest BCUT2D eigenvalue weighted by molar-refractivity contribution is 7.92. The molecule has 2 heterocycles. The minimum atomic E-state index is -3.12. The molecule has 3 fully saturated rings. The topological polar surface area (TPSA) is 130 Å². The summed E-state index contributed by atoms with van der Waals surface area (Å²) in [6.45, 7) is 3.49. The van der Waals surface area contributed by atoms with Crippen LogP contribution < -0.4 is 10.6 Å². The molecule has 0 aromatic rings. The third-order valence-corrected chi connectivity index (χ3v) is 9.45. The maximum atomic E-state index is 12.5. The van der Waals surface area contributed by atoms with E-state index in [2.05, 4.69) is 10.6 Å². The van der Waals surface area contributed by atoms with Crippen molar-refractivity contribution in [2.24, 2.45) is 0 Å². The summed E-state index contributed by atoms with van der Waals surface area (Å²) in [4.78, 5) is 26.7. The number of sulfone groups is 2. The Hall–Kier alpha value is -1.20. The Balaban J connectivity index is 1.54. The van der Waals surface area contributed by atoms with Gasteiger partial charge in [0.15, 0.2) is 19.7 Å². The zero-order valence-electron chi connectivity index (χ0n) is 16.4. The van der Waals surface area contributed by atoms with E-state index in [9.17, 15) is 26.4 Å². The van der Waals surface area contributed by atoms with Crippen molar-refractivity contribution >= 4 is 31.5 Å². The highest BCUT2D eigenvalue weighted by atomic mass is 32.2. The third kappa shape index (κ3) is 5.66. The second kappa shape index (κ2) is 7.24. The minimum absolute atomic E-state index is 0.0166. The van der Waals surface area contributed by atoms with Crippen LogP contribution in [0, 0.1) is 0 Å². The summed E-state index contributed by atoms with van der Waals surface area (Å²) < 4.78 is 46.8. The lowest BCUT2D eigenvalue weighted by Crippen LogP contribution is -2.53. The van der Waals surface area contributed by atoms with Gasteiger partial charge in [0.05, 0.1) is 47.2 Å². The third-order valence-electron chi connectivity index (χ3n) is 5.65.